The number of imidazole rings is 1. The van der Waals surface area contributed by atoms with Crippen molar-refractivity contribution in [3.8, 4) is 33.8 Å². The summed E-state index contributed by atoms with van der Waals surface area (Å²) in [6.07, 6.45) is 3.72. The van der Waals surface area contributed by atoms with Crippen LogP contribution in [0, 0.1) is 5.82 Å². The third-order valence-corrected chi connectivity index (χ3v) is 5.90. The van der Waals surface area contributed by atoms with Gasteiger partial charge in [-0.15, -0.1) is 0 Å². The molecule has 5 nitrogen and oxygen atoms in total. The van der Waals surface area contributed by atoms with Crippen molar-refractivity contribution in [1.29, 1.82) is 0 Å². The number of hydrogen-bond acceptors (Lipinski definition) is 4. The quantitative estimate of drug-likeness (QED) is 0.252. The lowest BCUT2D eigenvalue weighted by atomic mass is 10.0. The summed E-state index contributed by atoms with van der Waals surface area (Å²) in [5, 5.41) is 3.29. The second kappa shape index (κ2) is 10.9. The van der Waals surface area contributed by atoms with Crippen LogP contribution < -0.4 is 5.32 Å². The topological polar surface area (TPSA) is 55.6 Å². The molecular formula is C29H25F2N5. The molecule has 0 spiro atoms. The lowest BCUT2D eigenvalue weighted by molar-refractivity contribution is 0.447. The van der Waals surface area contributed by atoms with Crippen LogP contribution in [0.15, 0.2) is 97.5 Å². The van der Waals surface area contributed by atoms with Crippen LogP contribution in [0.1, 0.15) is 12.0 Å². The molecule has 36 heavy (non-hydrogen) atoms. The molecule has 2 aromatic heterocycles. The van der Waals surface area contributed by atoms with Gasteiger partial charge in [0.1, 0.15) is 5.82 Å². The summed E-state index contributed by atoms with van der Waals surface area (Å²) >= 11 is 0. The van der Waals surface area contributed by atoms with Crippen molar-refractivity contribution in [2.24, 2.45) is 0 Å². The minimum atomic E-state index is -0.427. The van der Waals surface area contributed by atoms with Gasteiger partial charge < -0.3 is 9.88 Å². The lowest BCUT2D eigenvalue weighted by Crippen LogP contribution is -2.06. The van der Waals surface area contributed by atoms with Crippen LogP contribution in [-0.4, -0.2) is 26.2 Å². The van der Waals surface area contributed by atoms with Crippen LogP contribution in [0.2, 0.25) is 0 Å². The SMILES string of the molecule is FCCCn1cnc(-c2ccc(F)cc2)c1-c1ccnc(NCc2ccc(-c3ccccc3)cc2)n1. The summed E-state index contributed by atoms with van der Waals surface area (Å²) in [6, 6.07) is 26.6. The Bertz CT molecular complexity index is 1410. The first kappa shape index (κ1) is 23.4. The largest absolute Gasteiger partial charge is 0.350 e. The zero-order valence-corrected chi connectivity index (χ0v) is 19.6. The maximum absolute atomic E-state index is 13.5. The summed E-state index contributed by atoms with van der Waals surface area (Å²) in [5.41, 5.74) is 6.26. The maximum Gasteiger partial charge on any atom is 0.223 e. The molecule has 0 aliphatic carbocycles. The Kier molecular flexibility index (Phi) is 7.07. The molecule has 5 aromatic rings. The van der Waals surface area contributed by atoms with Crippen molar-refractivity contribution in [3.05, 3.63) is 109 Å². The Balaban J connectivity index is 1.38. The highest BCUT2D eigenvalue weighted by Gasteiger charge is 2.17. The van der Waals surface area contributed by atoms with E-state index in [4.69, 9.17) is 4.98 Å². The van der Waals surface area contributed by atoms with Gasteiger partial charge >= 0.3 is 0 Å². The van der Waals surface area contributed by atoms with Gasteiger partial charge in [0.2, 0.25) is 5.95 Å². The third-order valence-electron chi connectivity index (χ3n) is 5.90. The number of anilines is 1. The van der Waals surface area contributed by atoms with Crippen molar-refractivity contribution in [3.63, 3.8) is 0 Å². The van der Waals surface area contributed by atoms with Crippen molar-refractivity contribution >= 4 is 5.95 Å². The van der Waals surface area contributed by atoms with Gasteiger partial charge in [0.25, 0.3) is 0 Å². The third kappa shape index (κ3) is 5.30. The van der Waals surface area contributed by atoms with Crippen molar-refractivity contribution in [1.82, 2.24) is 19.5 Å². The zero-order chi connectivity index (χ0) is 24.7. The van der Waals surface area contributed by atoms with Crippen LogP contribution in [-0.2, 0) is 13.1 Å². The molecular weight excluding hydrogens is 456 g/mol. The zero-order valence-electron chi connectivity index (χ0n) is 19.6. The molecule has 0 radical (unpaired) electrons. The van der Waals surface area contributed by atoms with Crippen molar-refractivity contribution in [2.75, 3.05) is 12.0 Å². The second-order valence-electron chi connectivity index (χ2n) is 8.37. The van der Waals surface area contributed by atoms with E-state index in [2.05, 4.69) is 51.7 Å². The number of aryl methyl sites for hydroxylation is 1. The molecule has 0 fully saturated rings. The van der Waals surface area contributed by atoms with Gasteiger partial charge in [-0.05, 0) is 53.4 Å². The van der Waals surface area contributed by atoms with Crippen LogP contribution in [0.5, 0.6) is 0 Å². The number of hydrogen-bond donors (Lipinski definition) is 1. The van der Waals surface area contributed by atoms with Crippen molar-refractivity contribution in [2.45, 2.75) is 19.5 Å². The van der Waals surface area contributed by atoms with E-state index in [-0.39, 0.29) is 5.82 Å². The van der Waals surface area contributed by atoms with Gasteiger partial charge in [-0.3, -0.25) is 4.39 Å². The van der Waals surface area contributed by atoms with E-state index in [1.165, 1.54) is 17.7 Å². The van der Waals surface area contributed by atoms with Crippen LogP contribution >= 0.6 is 0 Å². The second-order valence-corrected chi connectivity index (χ2v) is 8.37. The Hall–Kier alpha value is -4.39. The summed E-state index contributed by atoms with van der Waals surface area (Å²) in [7, 11) is 0. The number of nitrogens with one attached hydrogen (secondary N) is 1. The molecule has 7 heteroatoms. The van der Waals surface area contributed by atoms with E-state index in [0.717, 1.165) is 22.4 Å². The molecule has 0 aliphatic heterocycles. The van der Waals surface area contributed by atoms with Crippen LogP contribution in [0.4, 0.5) is 14.7 Å². The molecule has 0 amide bonds. The molecule has 1 N–H and O–H groups in total. The number of alkyl halides is 1. The number of aromatic nitrogens is 4. The van der Waals surface area contributed by atoms with E-state index in [9.17, 15) is 8.78 Å². The molecule has 180 valence electrons. The number of halogens is 2. The number of benzene rings is 3. The van der Waals surface area contributed by atoms with E-state index in [1.807, 2.05) is 22.8 Å². The predicted octanol–water partition coefficient (Wildman–Crippen LogP) is 6.78. The van der Waals surface area contributed by atoms with E-state index >= 15 is 0 Å². The van der Waals surface area contributed by atoms with E-state index < -0.39 is 6.67 Å². The molecule has 2 heterocycles. The Labute approximate surface area is 208 Å². The lowest BCUT2D eigenvalue weighted by Gasteiger charge is -2.11. The molecule has 0 saturated carbocycles. The first-order valence-electron chi connectivity index (χ1n) is 11.8. The minimum Gasteiger partial charge on any atom is -0.350 e. The average molecular weight is 482 g/mol. The van der Waals surface area contributed by atoms with Crippen LogP contribution in [0.3, 0.4) is 0 Å². The molecule has 0 atom stereocenters. The minimum absolute atomic E-state index is 0.317. The van der Waals surface area contributed by atoms with Gasteiger partial charge in [0.05, 0.1) is 30.1 Å². The Morgan fingerprint density at radius 3 is 2.25 bits per heavy atom. The summed E-state index contributed by atoms with van der Waals surface area (Å²) in [4.78, 5) is 13.6. The summed E-state index contributed by atoms with van der Waals surface area (Å²) in [5.74, 6) is 0.158. The Morgan fingerprint density at radius 1 is 0.778 bits per heavy atom. The monoisotopic (exact) mass is 481 g/mol. The van der Waals surface area contributed by atoms with Gasteiger partial charge in [-0.1, -0.05) is 54.6 Å². The fourth-order valence-corrected chi connectivity index (χ4v) is 4.07. The maximum atomic E-state index is 13.5. The smallest absolute Gasteiger partial charge is 0.223 e. The molecule has 0 unspecified atom stereocenters. The number of nitrogens with zero attached hydrogens (tertiary/aromatic N) is 4. The number of rotatable bonds is 9. The van der Waals surface area contributed by atoms with E-state index in [0.29, 0.717) is 36.8 Å². The first-order chi connectivity index (χ1) is 17.7. The van der Waals surface area contributed by atoms with E-state index in [1.54, 1.807) is 30.7 Å². The highest BCUT2D eigenvalue weighted by Crippen LogP contribution is 2.31. The highest BCUT2D eigenvalue weighted by atomic mass is 19.1. The molecule has 5 rings (SSSR count). The summed E-state index contributed by atoms with van der Waals surface area (Å²) in [6.45, 7) is 0.591. The van der Waals surface area contributed by atoms with Gasteiger partial charge in [0.15, 0.2) is 0 Å². The summed E-state index contributed by atoms with van der Waals surface area (Å²) < 4.78 is 28.3. The highest BCUT2D eigenvalue weighted by molar-refractivity contribution is 5.77. The molecule has 0 bridgehead atoms. The normalized spacial score (nSPS) is 10.9. The van der Waals surface area contributed by atoms with Crippen LogP contribution in [0.25, 0.3) is 33.8 Å². The standard InChI is InChI=1S/C29H25F2N5/c30-16-4-18-36-20-34-27(24-11-13-25(31)14-12-24)28(36)26-15-17-32-29(35-26)33-19-21-7-9-23(10-8-21)22-5-2-1-3-6-22/h1-3,5-15,17,20H,4,16,18-19H2,(H,32,33,35). The van der Waals surface area contributed by atoms with Gasteiger partial charge in [-0.25, -0.2) is 19.3 Å². The fraction of sp³-hybridized carbons (Fsp3) is 0.138. The first-order valence-corrected chi connectivity index (χ1v) is 11.8. The Morgan fingerprint density at radius 2 is 1.50 bits per heavy atom. The molecule has 0 aliphatic rings. The molecule has 0 saturated heterocycles. The molecule has 3 aromatic carbocycles. The fourth-order valence-electron chi connectivity index (χ4n) is 4.07. The van der Waals surface area contributed by atoms with Gasteiger partial charge in [0, 0.05) is 24.8 Å². The van der Waals surface area contributed by atoms with Gasteiger partial charge in [-0.2, -0.15) is 0 Å². The van der Waals surface area contributed by atoms with Crippen molar-refractivity contribution < 1.29 is 8.78 Å². The predicted molar refractivity (Wildman–Crippen MR) is 138 cm³/mol. The average Bonchev–Trinajstić information content (AvgIpc) is 3.36.